The molecule has 2 aromatic rings. The lowest BCUT2D eigenvalue weighted by atomic mass is 10.0. The van der Waals surface area contributed by atoms with Crippen LogP contribution in [0.5, 0.6) is 0 Å². The van der Waals surface area contributed by atoms with Gasteiger partial charge in [0.05, 0.1) is 49.0 Å². The van der Waals surface area contributed by atoms with E-state index in [1.807, 2.05) is 0 Å². The zero-order valence-electron chi connectivity index (χ0n) is 17.2. The number of aromatic nitrogens is 2. The number of sulfonamides is 1. The summed E-state index contributed by atoms with van der Waals surface area (Å²) < 4.78 is 68.4. The smallest absolute Gasteiger partial charge is 0.310 e. The summed E-state index contributed by atoms with van der Waals surface area (Å²) in [5, 5.41) is 6.76. The Balaban J connectivity index is 1.48. The molecule has 1 aromatic carbocycles. The van der Waals surface area contributed by atoms with Gasteiger partial charge < -0.3 is 10.2 Å². The normalized spacial score (nSPS) is 21.3. The van der Waals surface area contributed by atoms with Gasteiger partial charge in [0.2, 0.25) is 10.0 Å². The molecule has 1 atom stereocenters. The SMILES string of the molecule is O=C(Nc1cc(F)c(F)c(F)c1)N1Cc2c(N3CCCS3(=O)=O)cnn2C[C@@H]1C1=CC=NC1. The summed E-state index contributed by atoms with van der Waals surface area (Å²) in [6.45, 7) is 0.946. The summed E-state index contributed by atoms with van der Waals surface area (Å²) in [4.78, 5) is 18.8. The van der Waals surface area contributed by atoms with E-state index in [4.69, 9.17) is 0 Å². The molecule has 1 saturated heterocycles. The minimum Gasteiger partial charge on any atom is -0.310 e. The van der Waals surface area contributed by atoms with E-state index in [9.17, 15) is 26.4 Å². The van der Waals surface area contributed by atoms with Crippen molar-refractivity contribution < 1.29 is 26.4 Å². The minimum absolute atomic E-state index is 0.00134. The van der Waals surface area contributed by atoms with Crippen molar-refractivity contribution in [3.63, 3.8) is 0 Å². The van der Waals surface area contributed by atoms with Crippen molar-refractivity contribution in [1.82, 2.24) is 14.7 Å². The first-order valence-corrected chi connectivity index (χ1v) is 11.8. The lowest BCUT2D eigenvalue weighted by Crippen LogP contribution is -2.49. The van der Waals surface area contributed by atoms with Gasteiger partial charge in [0.15, 0.2) is 17.5 Å². The lowest BCUT2D eigenvalue weighted by Gasteiger charge is -2.37. The highest BCUT2D eigenvalue weighted by Gasteiger charge is 2.38. The minimum atomic E-state index is -3.46. The average Bonchev–Trinajstić information content (AvgIpc) is 3.50. The van der Waals surface area contributed by atoms with Crippen molar-refractivity contribution in [2.45, 2.75) is 25.6 Å². The number of aliphatic imine (C=N–C) groups is 1. The Kier molecular flexibility index (Phi) is 5.15. The van der Waals surface area contributed by atoms with Crippen LogP contribution >= 0.6 is 0 Å². The number of nitrogens with zero attached hydrogens (tertiary/aromatic N) is 5. The predicted molar refractivity (Wildman–Crippen MR) is 114 cm³/mol. The molecular formula is C20H19F3N6O3S. The van der Waals surface area contributed by atoms with Crippen LogP contribution in [-0.2, 0) is 23.1 Å². The van der Waals surface area contributed by atoms with Crippen molar-refractivity contribution in [1.29, 1.82) is 0 Å². The maximum Gasteiger partial charge on any atom is 0.322 e. The average molecular weight is 480 g/mol. The fourth-order valence-electron chi connectivity index (χ4n) is 4.30. The van der Waals surface area contributed by atoms with Crippen LogP contribution in [0.2, 0.25) is 0 Å². The van der Waals surface area contributed by atoms with E-state index in [-0.39, 0.29) is 24.5 Å². The number of hydrogen-bond acceptors (Lipinski definition) is 5. The molecule has 5 rings (SSSR count). The van der Waals surface area contributed by atoms with Crippen molar-refractivity contribution in [3.8, 4) is 0 Å². The van der Waals surface area contributed by atoms with Gasteiger partial charge in [-0.25, -0.2) is 26.4 Å². The summed E-state index contributed by atoms with van der Waals surface area (Å²) in [6.07, 6.45) is 5.37. The summed E-state index contributed by atoms with van der Waals surface area (Å²) >= 11 is 0. The quantitative estimate of drug-likeness (QED) is 0.682. The number of halogens is 3. The highest BCUT2D eigenvalue weighted by Crippen LogP contribution is 2.33. The molecule has 2 amide bonds. The van der Waals surface area contributed by atoms with Crippen LogP contribution < -0.4 is 9.62 Å². The van der Waals surface area contributed by atoms with E-state index in [1.54, 1.807) is 17.0 Å². The number of fused-ring (bicyclic) bond motifs is 1. The Bertz CT molecular complexity index is 1280. The van der Waals surface area contributed by atoms with Gasteiger partial charge in [0, 0.05) is 30.6 Å². The van der Waals surface area contributed by atoms with Crippen molar-refractivity contribution >= 4 is 33.6 Å². The molecular weight excluding hydrogens is 461 g/mol. The van der Waals surface area contributed by atoms with Gasteiger partial charge in [-0.3, -0.25) is 14.0 Å². The molecule has 13 heteroatoms. The molecule has 0 bridgehead atoms. The number of hydrogen-bond donors (Lipinski definition) is 1. The summed E-state index contributed by atoms with van der Waals surface area (Å²) in [7, 11) is -3.46. The number of carbonyl (C=O) groups excluding carboxylic acids is 1. The third kappa shape index (κ3) is 3.75. The molecule has 3 aliphatic heterocycles. The van der Waals surface area contributed by atoms with E-state index in [0.29, 0.717) is 43.0 Å². The highest BCUT2D eigenvalue weighted by molar-refractivity contribution is 7.93. The fraction of sp³-hybridized carbons (Fsp3) is 0.350. The Morgan fingerprint density at radius 2 is 1.94 bits per heavy atom. The number of carbonyl (C=O) groups is 1. The molecule has 1 fully saturated rings. The van der Waals surface area contributed by atoms with Crippen LogP contribution in [0, 0.1) is 17.5 Å². The largest absolute Gasteiger partial charge is 0.322 e. The van der Waals surface area contributed by atoms with Crippen LogP contribution in [-0.4, -0.2) is 60.2 Å². The molecule has 0 spiro atoms. The molecule has 174 valence electrons. The Labute approximate surface area is 187 Å². The van der Waals surface area contributed by atoms with E-state index in [0.717, 1.165) is 5.57 Å². The van der Waals surface area contributed by atoms with Crippen LogP contribution in [0.4, 0.5) is 29.3 Å². The molecule has 1 aromatic heterocycles. The maximum absolute atomic E-state index is 13.6. The molecule has 0 aliphatic carbocycles. The number of urea groups is 1. The van der Waals surface area contributed by atoms with Gasteiger partial charge in [-0.05, 0) is 18.1 Å². The van der Waals surface area contributed by atoms with Gasteiger partial charge in [-0.2, -0.15) is 5.10 Å². The van der Waals surface area contributed by atoms with E-state index in [2.05, 4.69) is 15.4 Å². The summed E-state index contributed by atoms with van der Waals surface area (Å²) in [5.41, 5.74) is 1.52. The molecule has 33 heavy (non-hydrogen) atoms. The molecule has 4 heterocycles. The van der Waals surface area contributed by atoms with Crippen molar-refractivity contribution in [3.05, 3.63) is 53.1 Å². The molecule has 0 radical (unpaired) electrons. The Hall–Kier alpha value is -3.35. The third-order valence-corrected chi connectivity index (χ3v) is 7.78. The Morgan fingerprint density at radius 1 is 1.18 bits per heavy atom. The second-order valence-electron chi connectivity index (χ2n) is 7.96. The van der Waals surface area contributed by atoms with Crippen molar-refractivity contribution in [2.75, 3.05) is 28.5 Å². The van der Waals surface area contributed by atoms with Crippen LogP contribution in [0.15, 0.2) is 35.0 Å². The topological polar surface area (TPSA) is 99.9 Å². The first-order valence-electron chi connectivity index (χ1n) is 10.2. The van der Waals surface area contributed by atoms with E-state index in [1.165, 1.54) is 15.4 Å². The van der Waals surface area contributed by atoms with Gasteiger partial charge >= 0.3 is 6.03 Å². The zero-order valence-corrected chi connectivity index (χ0v) is 18.0. The molecule has 1 N–H and O–H groups in total. The Morgan fingerprint density at radius 3 is 2.58 bits per heavy atom. The van der Waals surface area contributed by atoms with Gasteiger partial charge in [0.1, 0.15) is 0 Å². The second-order valence-corrected chi connectivity index (χ2v) is 9.97. The van der Waals surface area contributed by atoms with Crippen LogP contribution in [0.3, 0.4) is 0 Å². The second kappa shape index (κ2) is 7.90. The number of rotatable bonds is 3. The lowest BCUT2D eigenvalue weighted by molar-refractivity contribution is 0.168. The number of benzene rings is 1. The van der Waals surface area contributed by atoms with E-state index >= 15 is 0 Å². The zero-order chi connectivity index (χ0) is 23.3. The summed E-state index contributed by atoms with van der Waals surface area (Å²) in [6, 6.07) is 0.235. The van der Waals surface area contributed by atoms with Gasteiger partial charge in [-0.1, -0.05) is 0 Å². The van der Waals surface area contributed by atoms with E-state index < -0.39 is 39.5 Å². The van der Waals surface area contributed by atoms with Crippen LogP contribution in [0.25, 0.3) is 0 Å². The van der Waals surface area contributed by atoms with Crippen molar-refractivity contribution in [2.24, 2.45) is 4.99 Å². The highest BCUT2D eigenvalue weighted by atomic mass is 32.2. The fourth-order valence-corrected chi connectivity index (χ4v) is 5.88. The molecule has 0 unspecified atom stereocenters. The predicted octanol–water partition coefficient (Wildman–Crippen LogP) is 2.27. The number of anilines is 2. The number of allylic oxidation sites excluding steroid dienone is 1. The molecule has 0 saturated carbocycles. The number of nitrogens with one attached hydrogen (secondary N) is 1. The first kappa shape index (κ1) is 21.5. The molecule has 3 aliphatic rings. The molecule has 9 nitrogen and oxygen atoms in total. The monoisotopic (exact) mass is 480 g/mol. The maximum atomic E-state index is 13.6. The number of amides is 2. The van der Waals surface area contributed by atoms with Crippen LogP contribution in [0.1, 0.15) is 12.1 Å². The first-order chi connectivity index (χ1) is 15.7. The van der Waals surface area contributed by atoms with Gasteiger partial charge in [-0.15, -0.1) is 0 Å². The third-order valence-electron chi connectivity index (χ3n) is 5.93. The van der Waals surface area contributed by atoms with Gasteiger partial charge in [0.25, 0.3) is 0 Å². The summed E-state index contributed by atoms with van der Waals surface area (Å²) in [5.74, 6) is -4.44. The standard InChI is InChI=1S/C20H19F3N6O3S/c21-14-6-13(7-15(22)19(14)23)26-20(30)27-10-18-16(29-4-1-5-33(29,31)32)9-25-28(18)11-17(27)12-2-3-24-8-12/h2-3,6-7,9,17H,1,4-5,8,10-11H2,(H,26,30)/t17-/m1/s1.